The number of rotatable bonds is 8. The molecule has 4 N–H and O–H groups in total. The number of fused-ring (bicyclic) bond motifs is 1. The molecule has 6 nitrogen and oxygen atoms in total. The largest absolute Gasteiger partial charge is 0.396 e. The van der Waals surface area contributed by atoms with Crippen molar-refractivity contribution < 1.29 is 14.7 Å². The van der Waals surface area contributed by atoms with Crippen LogP contribution in [0, 0.1) is 11.8 Å². The lowest BCUT2D eigenvalue weighted by Gasteiger charge is -2.20. The lowest BCUT2D eigenvalue weighted by molar-refractivity contribution is -0.130. The number of hydrogen-bond acceptors (Lipinski definition) is 3. The molecule has 0 saturated heterocycles. The SMILES string of the molecule is CC(CO)CNC(=O)C(Cc1c[nH]c2ccccc12)NC(=O)C(C)C. The highest BCUT2D eigenvalue weighted by atomic mass is 16.3. The second-order valence-corrected chi connectivity index (χ2v) is 6.81. The van der Waals surface area contributed by atoms with Crippen molar-refractivity contribution in [3.05, 3.63) is 36.0 Å². The van der Waals surface area contributed by atoms with Crippen LogP contribution in [0.15, 0.2) is 30.5 Å². The third-order valence-corrected chi connectivity index (χ3v) is 4.19. The fraction of sp³-hybridized carbons (Fsp3) is 0.474. The highest BCUT2D eigenvalue weighted by Gasteiger charge is 2.23. The molecule has 1 aromatic carbocycles. The van der Waals surface area contributed by atoms with Gasteiger partial charge in [-0.1, -0.05) is 39.0 Å². The summed E-state index contributed by atoms with van der Waals surface area (Å²) in [6.45, 7) is 5.82. The Kier molecular flexibility index (Phi) is 6.58. The van der Waals surface area contributed by atoms with Crippen LogP contribution in [0.5, 0.6) is 0 Å². The monoisotopic (exact) mass is 345 g/mol. The maximum Gasteiger partial charge on any atom is 0.242 e. The molecular formula is C19H27N3O3. The molecular weight excluding hydrogens is 318 g/mol. The van der Waals surface area contributed by atoms with E-state index in [0.717, 1.165) is 16.5 Å². The van der Waals surface area contributed by atoms with Gasteiger partial charge in [0.05, 0.1) is 0 Å². The number of hydrogen-bond donors (Lipinski definition) is 4. The number of aliphatic hydroxyl groups is 1. The number of carbonyl (C=O) groups is 2. The van der Waals surface area contributed by atoms with E-state index in [4.69, 9.17) is 5.11 Å². The van der Waals surface area contributed by atoms with Gasteiger partial charge in [-0.25, -0.2) is 0 Å². The molecule has 2 amide bonds. The number of para-hydroxylation sites is 1. The van der Waals surface area contributed by atoms with E-state index >= 15 is 0 Å². The molecule has 0 spiro atoms. The first-order chi connectivity index (χ1) is 11.9. The Hall–Kier alpha value is -2.34. The zero-order valence-corrected chi connectivity index (χ0v) is 15.0. The van der Waals surface area contributed by atoms with Crippen molar-refractivity contribution in [2.75, 3.05) is 13.2 Å². The average molecular weight is 345 g/mol. The predicted octanol–water partition coefficient (Wildman–Crippen LogP) is 1.60. The van der Waals surface area contributed by atoms with E-state index in [2.05, 4.69) is 15.6 Å². The molecule has 25 heavy (non-hydrogen) atoms. The van der Waals surface area contributed by atoms with Crippen LogP contribution in [0.25, 0.3) is 10.9 Å². The van der Waals surface area contributed by atoms with Crippen molar-refractivity contribution in [3.8, 4) is 0 Å². The van der Waals surface area contributed by atoms with E-state index in [1.54, 1.807) is 13.8 Å². The highest BCUT2D eigenvalue weighted by molar-refractivity contribution is 5.90. The van der Waals surface area contributed by atoms with Gasteiger partial charge in [0.25, 0.3) is 0 Å². The summed E-state index contributed by atoms with van der Waals surface area (Å²) in [5.41, 5.74) is 1.98. The topological polar surface area (TPSA) is 94.2 Å². The number of H-pyrrole nitrogens is 1. The fourth-order valence-corrected chi connectivity index (χ4v) is 2.53. The van der Waals surface area contributed by atoms with Crippen molar-refractivity contribution in [1.82, 2.24) is 15.6 Å². The number of nitrogens with one attached hydrogen (secondary N) is 3. The summed E-state index contributed by atoms with van der Waals surface area (Å²) in [5, 5.41) is 15.8. The molecule has 0 aliphatic heterocycles. The molecule has 0 saturated carbocycles. The zero-order chi connectivity index (χ0) is 18.4. The van der Waals surface area contributed by atoms with Crippen LogP contribution in [0.2, 0.25) is 0 Å². The lowest BCUT2D eigenvalue weighted by atomic mass is 10.0. The van der Waals surface area contributed by atoms with Crippen LogP contribution < -0.4 is 10.6 Å². The van der Waals surface area contributed by atoms with Crippen LogP contribution in [-0.4, -0.2) is 41.1 Å². The molecule has 0 aliphatic carbocycles. The van der Waals surface area contributed by atoms with Gasteiger partial charge in [0.15, 0.2) is 0 Å². The molecule has 0 aliphatic rings. The first kappa shape index (κ1) is 19.0. The summed E-state index contributed by atoms with van der Waals surface area (Å²) in [6.07, 6.45) is 2.28. The van der Waals surface area contributed by atoms with E-state index in [-0.39, 0.29) is 30.3 Å². The normalized spacial score (nSPS) is 13.6. The minimum atomic E-state index is -0.653. The quantitative estimate of drug-likeness (QED) is 0.585. The molecule has 6 heteroatoms. The molecule has 2 rings (SSSR count). The summed E-state index contributed by atoms with van der Waals surface area (Å²) in [7, 11) is 0. The van der Waals surface area contributed by atoms with Gasteiger partial charge < -0.3 is 20.7 Å². The molecule has 2 aromatic rings. The van der Waals surface area contributed by atoms with E-state index in [1.807, 2.05) is 37.4 Å². The molecule has 2 atom stereocenters. The van der Waals surface area contributed by atoms with Crippen LogP contribution in [0.1, 0.15) is 26.3 Å². The first-order valence-corrected chi connectivity index (χ1v) is 8.66. The molecule has 1 heterocycles. The number of carbonyl (C=O) groups excluding carboxylic acids is 2. The third kappa shape index (κ3) is 5.06. The summed E-state index contributed by atoms with van der Waals surface area (Å²) >= 11 is 0. The molecule has 0 fully saturated rings. The Morgan fingerprint density at radius 3 is 2.56 bits per heavy atom. The van der Waals surface area contributed by atoms with Gasteiger partial charge in [0.1, 0.15) is 6.04 Å². The van der Waals surface area contributed by atoms with Crippen molar-refractivity contribution >= 4 is 22.7 Å². The van der Waals surface area contributed by atoms with Gasteiger partial charge in [-0.2, -0.15) is 0 Å². The maximum atomic E-state index is 12.6. The van der Waals surface area contributed by atoms with Crippen LogP contribution in [-0.2, 0) is 16.0 Å². The number of aromatic amines is 1. The molecule has 0 bridgehead atoms. The number of aliphatic hydroxyl groups excluding tert-OH is 1. The fourth-order valence-electron chi connectivity index (χ4n) is 2.53. The van der Waals surface area contributed by atoms with Gasteiger partial charge in [-0.3, -0.25) is 9.59 Å². The lowest BCUT2D eigenvalue weighted by Crippen LogP contribution is -2.50. The van der Waals surface area contributed by atoms with Crippen LogP contribution in [0.3, 0.4) is 0 Å². The van der Waals surface area contributed by atoms with Crippen molar-refractivity contribution in [2.45, 2.75) is 33.2 Å². The molecule has 2 unspecified atom stereocenters. The summed E-state index contributed by atoms with van der Waals surface area (Å²) < 4.78 is 0. The number of benzene rings is 1. The minimum absolute atomic E-state index is 0.00570. The van der Waals surface area contributed by atoms with E-state index < -0.39 is 6.04 Å². The van der Waals surface area contributed by atoms with E-state index in [9.17, 15) is 9.59 Å². The molecule has 136 valence electrons. The molecule has 0 radical (unpaired) electrons. The Balaban J connectivity index is 2.15. The Morgan fingerprint density at radius 1 is 1.16 bits per heavy atom. The number of aromatic nitrogens is 1. The highest BCUT2D eigenvalue weighted by Crippen LogP contribution is 2.19. The van der Waals surface area contributed by atoms with Crippen molar-refractivity contribution in [1.29, 1.82) is 0 Å². The first-order valence-electron chi connectivity index (χ1n) is 8.66. The summed E-state index contributed by atoms with van der Waals surface area (Å²) in [6, 6.07) is 7.21. The van der Waals surface area contributed by atoms with Crippen molar-refractivity contribution in [3.63, 3.8) is 0 Å². The Labute approximate surface area is 148 Å². The minimum Gasteiger partial charge on any atom is -0.396 e. The Morgan fingerprint density at radius 2 is 1.88 bits per heavy atom. The molecule has 1 aromatic heterocycles. The second-order valence-electron chi connectivity index (χ2n) is 6.81. The van der Waals surface area contributed by atoms with E-state index in [1.165, 1.54) is 0 Å². The zero-order valence-electron chi connectivity index (χ0n) is 15.0. The van der Waals surface area contributed by atoms with Gasteiger partial charge in [0, 0.05) is 42.6 Å². The smallest absolute Gasteiger partial charge is 0.242 e. The predicted molar refractivity (Wildman–Crippen MR) is 98.0 cm³/mol. The van der Waals surface area contributed by atoms with Gasteiger partial charge in [-0.15, -0.1) is 0 Å². The van der Waals surface area contributed by atoms with Gasteiger partial charge in [0.2, 0.25) is 11.8 Å². The van der Waals surface area contributed by atoms with E-state index in [0.29, 0.717) is 13.0 Å². The number of amides is 2. The third-order valence-electron chi connectivity index (χ3n) is 4.19. The summed E-state index contributed by atoms with van der Waals surface area (Å²) in [5.74, 6) is -0.622. The van der Waals surface area contributed by atoms with Gasteiger partial charge >= 0.3 is 0 Å². The average Bonchev–Trinajstić information content (AvgIpc) is 3.01. The standard InChI is InChI=1S/C19H27N3O3/c1-12(2)18(24)22-17(19(25)21-9-13(3)11-23)8-14-10-20-16-7-5-4-6-15(14)16/h4-7,10,12-13,17,20,23H,8-9,11H2,1-3H3,(H,21,25)(H,22,24). The van der Waals surface area contributed by atoms with Gasteiger partial charge in [-0.05, 0) is 17.5 Å². The maximum absolute atomic E-state index is 12.6. The van der Waals surface area contributed by atoms with Crippen LogP contribution in [0.4, 0.5) is 0 Å². The van der Waals surface area contributed by atoms with Crippen molar-refractivity contribution in [2.24, 2.45) is 11.8 Å². The Bertz CT molecular complexity index is 724. The second kappa shape index (κ2) is 8.67. The van der Waals surface area contributed by atoms with Crippen LogP contribution >= 0.6 is 0 Å². The summed E-state index contributed by atoms with van der Waals surface area (Å²) in [4.78, 5) is 27.9.